The molecule has 0 aromatic heterocycles. The number of hydrogen-bond acceptors (Lipinski definition) is 6. The number of urea groups is 1. The smallest absolute Gasteiger partial charge is 0.322 e. The molecule has 0 aliphatic carbocycles. The van der Waals surface area contributed by atoms with Crippen molar-refractivity contribution in [3.8, 4) is 0 Å². The number of likely N-dealkylation sites (tertiary alicyclic amines) is 1. The summed E-state index contributed by atoms with van der Waals surface area (Å²) in [7, 11) is 2.16. The molecule has 4 amide bonds. The third-order valence-electron chi connectivity index (χ3n) is 10.0. The lowest BCUT2D eigenvalue weighted by molar-refractivity contribution is -0.137. The van der Waals surface area contributed by atoms with Gasteiger partial charge in [-0.05, 0) is 55.8 Å². The number of para-hydroxylation sites is 2. The highest BCUT2D eigenvalue weighted by Crippen LogP contribution is 2.48. The number of anilines is 2. The standard InChI is InChI=1S/C36H50N6O3S.H2/c1-36(2,3)16-20-42-33(44)31(46-34(42)28-10-6-8-12-30(28)39-23-21-38(4)22-24-39)25-32(43)40-17-14-27(15-18-40)41-19-13-26-9-5-7-11-29(26)37-35(41)45;/h5-12,27,31,34H,13-25H2,1-4H3,(H,37,45);1H. The number of fused-ring (bicyclic) bond motifs is 1. The van der Waals surface area contributed by atoms with Crippen LogP contribution in [-0.2, 0) is 16.0 Å². The number of benzene rings is 2. The van der Waals surface area contributed by atoms with Gasteiger partial charge in [0.25, 0.3) is 0 Å². The number of thioether (sulfide) groups is 1. The second-order valence-electron chi connectivity index (χ2n) is 14.5. The number of likely N-dealkylation sites (N-methyl/N-ethyl adjacent to an activating group) is 1. The van der Waals surface area contributed by atoms with Crippen molar-refractivity contribution in [3.63, 3.8) is 0 Å². The molecule has 6 rings (SSSR count). The first-order valence-electron chi connectivity index (χ1n) is 17.0. The molecule has 4 aliphatic heterocycles. The van der Waals surface area contributed by atoms with Crippen molar-refractivity contribution in [1.29, 1.82) is 0 Å². The van der Waals surface area contributed by atoms with E-state index in [1.807, 2.05) is 32.9 Å². The van der Waals surface area contributed by atoms with Gasteiger partial charge in [-0.3, -0.25) is 9.59 Å². The summed E-state index contributed by atoms with van der Waals surface area (Å²) < 4.78 is 0. The zero-order valence-corrected chi connectivity index (χ0v) is 28.7. The number of nitrogens with one attached hydrogen (secondary N) is 1. The number of nitrogens with zero attached hydrogens (tertiary/aromatic N) is 5. The third kappa shape index (κ3) is 7.33. The van der Waals surface area contributed by atoms with Gasteiger partial charge < -0.3 is 29.8 Å². The Hall–Kier alpha value is -3.24. The van der Waals surface area contributed by atoms with Gasteiger partial charge in [-0.2, -0.15) is 0 Å². The van der Waals surface area contributed by atoms with E-state index in [0.29, 0.717) is 26.2 Å². The van der Waals surface area contributed by atoms with E-state index >= 15 is 0 Å². The van der Waals surface area contributed by atoms with Crippen LogP contribution < -0.4 is 10.2 Å². The van der Waals surface area contributed by atoms with E-state index in [9.17, 15) is 14.4 Å². The predicted molar refractivity (Wildman–Crippen MR) is 188 cm³/mol. The molecule has 3 saturated heterocycles. The van der Waals surface area contributed by atoms with Crippen LogP contribution in [0.3, 0.4) is 0 Å². The average Bonchev–Trinajstić information content (AvgIpc) is 3.24. The summed E-state index contributed by atoms with van der Waals surface area (Å²) in [6, 6.07) is 16.6. The topological polar surface area (TPSA) is 79.4 Å². The molecular weight excluding hydrogens is 597 g/mol. The molecule has 10 heteroatoms. The highest BCUT2D eigenvalue weighted by molar-refractivity contribution is 8.01. The minimum atomic E-state index is -0.398. The van der Waals surface area contributed by atoms with Crippen molar-refractivity contribution in [2.45, 2.75) is 69.5 Å². The molecule has 0 bridgehead atoms. The number of hydrogen-bond donors (Lipinski definition) is 1. The third-order valence-corrected chi connectivity index (χ3v) is 11.5. The Bertz CT molecular complexity index is 1420. The van der Waals surface area contributed by atoms with Crippen LogP contribution in [0, 0.1) is 5.41 Å². The van der Waals surface area contributed by atoms with Crippen LogP contribution in [0.1, 0.15) is 64.4 Å². The van der Waals surface area contributed by atoms with Crippen LogP contribution in [0.25, 0.3) is 0 Å². The van der Waals surface area contributed by atoms with E-state index in [0.717, 1.165) is 63.1 Å². The molecule has 1 N–H and O–H groups in total. The van der Waals surface area contributed by atoms with Crippen molar-refractivity contribution >= 4 is 41.0 Å². The minimum Gasteiger partial charge on any atom is -0.369 e. The molecule has 4 aliphatic rings. The van der Waals surface area contributed by atoms with E-state index in [2.05, 4.69) is 73.3 Å². The van der Waals surface area contributed by atoms with Gasteiger partial charge in [-0.25, -0.2) is 4.79 Å². The number of piperazine rings is 1. The SMILES string of the molecule is CN1CCN(c2ccccc2C2SC(CC(=O)N3CCC(N4CCc5ccccc5NC4=O)CC3)C(=O)N2CCC(C)(C)C)CC1.[HH]. The van der Waals surface area contributed by atoms with Crippen molar-refractivity contribution in [3.05, 3.63) is 59.7 Å². The van der Waals surface area contributed by atoms with Crippen LogP contribution >= 0.6 is 11.8 Å². The van der Waals surface area contributed by atoms with E-state index in [4.69, 9.17) is 0 Å². The van der Waals surface area contributed by atoms with E-state index < -0.39 is 5.25 Å². The molecule has 46 heavy (non-hydrogen) atoms. The molecule has 2 unspecified atom stereocenters. The molecule has 0 spiro atoms. The summed E-state index contributed by atoms with van der Waals surface area (Å²) in [5.74, 6) is 0.122. The Balaban J connectivity index is 0.00000433. The molecule has 2 aromatic rings. The number of carbonyl (C=O) groups excluding carboxylic acids is 3. The summed E-state index contributed by atoms with van der Waals surface area (Å²) in [6.45, 7) is 13.2. The maximum absolute atomic E-state index is 14.0. The fourth-order valence-electron chi connectivity index (χ4n) is 7.13. The Labute approximate surface area is 280 Å². The Kier molecular flexibility index (Phi) is 9.85. The highest BCUT2D eigenvalue weighted by Gasteiger charge is 2.44. The Morgan fingerprint density at radius 1 is 0.935 bits per heavy atom. The van der Waals surface area contributed by atoms with Crippen LogP contribution in [0.4, 0.5) is 16.2 Å². The Morgan fingerprint density at radius 2 is 1.63 bits per heavy atom. The quantitative estimate of drug-likeness (QED) is 0.425. The summed E-state index contributed by atoms with van der Waals surface area (Å²) >= 11 is 1.65. The fourth-order valence-corrected chi connectivity index (χ4v) is 8.64. The molecule has 250 valence electrons. The molecule has 9 nitrogen and oxygen atoms in total. The first-order chi connectivity index (χ1) is 22.1. The predicted octanol–water partition coefficient (Wildman–Crippen LogP) is 5.53. The summed E-state index contributed by atoms with van der Waals surface area (Å²) in [4.78, 5) is 51.5. The van der Waals surface area contributed by atoms with E-state index in [-0.39, 0.29) is 42.5 Å². The summed E-state index contributed by atoms with van der Waals surface area (Å²) in [6.07, 6.45) is 3.43. The highest BCUT2D eigenvalue weighted by atomic mass is 32.2. The van der Waals surface area contributed by atoms with E-state index in [1.54, 1.807) is 11.8 Å². The number of rotatable bonds is 7. The molecular formula is C36H52N6O3S. The van der Waals surface area contributed by atoms with Gasteiger partial charge in [0.15, 0.2) is 0 Å². The molecule has 2 atom stereocenters. The van der Waals surface area contributed by atoms with Gasteiger partial charge in [0.1, 0.15) is 5.37 Å². The maximum Gasteiger partial charge on any atom is 0.322 e. The minimum absolute atomic E-state index is 0. The van der Waals surface area contributed by atoms with Crippen molar-refractivity contribution in [1.82, 2.24) is 19.6 Å². The van der Waals surface area contributed by atoms with Crippen molar-refractivity contribution < 1.29 is 15.8 Å². The first-order valence-corrected chi connectivity index (χ1v) is 17.9. The zero-order valence-electron chi connectivity index (χ0n) is 27.9. The zero-order chi connectivity index (χ0) is 32.4. The molecule has 2 aromatic carbocycles. The number of amides is 4. The maximum atomic E-state index is 14.0. The lowest BCUT2D eigenvalue weighted by Crippen LogP contribution is -2.50. The van der Waals surface area contributed by atoms with Gasteiger partial charge >= 0.3 is 6.03 Å². The second-order valence-corrected chi connectivity index (χ2v) is 15.8. The van der Waals surface area contributed by atoms with Gasteiger partial charge in [0.2, 0.25) is 11.8 Å². The van der Waals surface area contributed by atoms with Crippen molar-refractivity contribution in [2.75, 3.05) is 69.6 Å². The van der Waals surface area contributed by atoms with Crippen molar-refractivity contribution in [2.24, 2.45) is 5.41 Å². The van der Waals surface area contributed by atoms with Crippen LogP contribution in [-0.4, -0.2) is 108 Å². The van der Waals surface area contributed by atoms with Gasteiger partial charge in [0.05, 0.1) is 5.25 Å². The number of piperidine rings is 1. The van der Waals surface area contributed by atoms with E-state index in [1.165, 1.54) is 11.3 Å². The molecule has 0 saturated carbocycles. The van der Waals surface area contributed by atoms with Gasteiger partial charge in [0, 0.05) is 83.2 Å². The first kappa shape index (κ1) is 32.7. The molecule has 0 radical (unpaired) electrons. The van der Waals surface area contributed by atoms with Crippen LogP contribution in [0.2, 0.25) is 0 Å². The second kappa shape index (κ2) is 13.9. The molecule has 4 heterocycles. The summed E-state index contributed by atoms with van der Waals surface area (Å²) in [5.41, 5.74) is 4.52. The van der Waals surface area contributed by atoms with Gasteiger partial charge in [-0.1, -0.05) is 57.2 Å². The largest absolute Gasteiger partial charge is 0.369 e. The van der Waals surface area contributed by atoms with Crippen LogP contribution in [0.15, 0.2) is 48.5 Å². The average molecular weight is 649 g/mol. The fraction of sp³-hybridized carbons (Fsp3) is 0.583. The summed E-state index contributed by atoms with van der Waals surface area (Å²) in [5, 5.41) is 2.57. The molecule has 3 fully saturated rings. The van der Waals surface area contributed by atoms with Gasteiger partial charge in [-0.15, -0.1) is 11.8 Å². The normalized spacial score (nSPS) is 23.4. The lowest BCUT2D eigenvalue weighted by atomic mass is 9.92. The monoisotopic (exact) mass is 648 g/mol. The Morgan fingerprint density at radius 3 is 2.37 bits per heavy atom. The van der Waals surface area contributed by atoms with Crippen LogP contribution in [0.5, 0.6) is 0 Å². The number of carbonyl (C=O) groups is 3. The lowest BCUT2D eigenvalue weighted by Gasteiger charge is -2.38.